The van der Waals surface area contributed by atoms with E-state index in [0.717, 1.165) is 24.2 Å². The lowest BCUT2D eigenvalue weighted by atomic mass is 10.1. The molecule has 1 N–H and O–H groups in total. The van der Waals surface area contributed by atoms with E-state index in [9.17, 15) is 9.00 Å². The second-order valence-electron chi connectivity index (χ2n) is 5.07. The zero-order valence-corrected chi connectivity index (χ0v) is 11.2. The molecule has 2 rings (SSSR count). The van der Waals surface area contributed by atoms with Gasteiger partial charge in [-0.05, 0) is 37.3 Å². The summed E-state index contributed by atoms with van der Waals surface area (Å²) in [6.07, 6.45) is 1.90. The highest BCUT2D eigenvalue weighted by Crippen LogP contribution is 2.49. The van der Waals surface area contributed by atoms with Crippen LogP contribution >= 0.6 is 0 Å². The Morgan fingerprint density at radius 1 is 1.50 bits per heavy atom. The first-order valence-corrected chi connectivity index (χ1v) is 7.47. The Balaban J connectivity index is 1.91. The van der Waals surface area contributed by atoms with E-state index in [-0.39, 0.29) is 11.8 Å². The number of carboxylic acid groups (broad SMARTS) is 1. The maximum atomic E-state index is 12.0. The molecule has 1 heterocycles. The molecule has 1 atom stereocenters. The van der Waals surface area contributed by atoms with Gasteiger partial charge in [0.1, 0.15) is 0 Å². The zero-order valence-electron chi connectivity index (χ0n) is 10.4. The van der Waals surface area contributed by atoms with Crippen molar-refractivity contribution in [3.63, 3.8) is 0 Å². The topological polar surface area (TPSA) is 67.3 Å². The van der Waals surface area contributed by atoms with Crippen LogP contribution < -0.4 is 0 Å². The first-order valence-electron chi connectivity index (χ1n) is 5.98. The molecule has 1 aliphatic carbocycles. The summed E-state index contributed by atoms with van der Waals surface area (Å²) in [6, 6.07) is 5.67. The van der Waals surface area contributed by atoms with E-state index in [0.29, 0.717) is 11.5 Å². The predicted molar refractivity (Wildman–Crippen MR) is 69.6 cm³/mol. The summed E-state index contributed by atoms with van der Waals surface area (Å²) in [5.41, 5.74) is 1.52. The van der Waals surface area contributed by atoms with Crippen molar-refractivity contribution in [2.24, 2.45) is 5.41 Å². The van der Waals surface area contributed by atoms with Crippen molar-refractivity contribution in [1.82, 2.24) is 4.98 Å². The van der Waals surface area contributed by atoms with Gasteiger partial charge in [0, 0.05) is 22.2 Å². The summed E-state index contributed by atoms with van der Waals surface area (Å²) >= 11 is 0. The molecule has 18 heavy (non-hydrogen) atoms. The molecule has 1 unspecified atom stereocenters. The van der Waals surface area contributed by atoms with Crippen molar-refractivity contribution in [3.05, 3.63) is 29.6 Å². The molecule has 0 radical (unpaired) electrons. The number of nitrogens with zero attached hydrogens (tertiary/aromatic N) is 1. The van der Waals surface area contributed by atoms with Crippen molar-refractivity contribution in [3.8, 4) is 0 Å². The van der Waals surface area contributed by atoms with Crippen molar-refractivity contribution in [2.45, 2.75) is 31.9 Å². The Labute approximate surface area is 109 Å². The number of hydrogen-bond acceptors (Lipinski definition) is 3. The standard InChI is InChI=1S/C13H17NO3S/c1-10-3-2-4-11(14-10)8-18(17)9-13(5-6-13)7-12(15)16/h2-4H,5-9H2,1H3,(H,15,16). The second-order valence-corrected chi connectivity index (χ2v) is 6.53. The second kappa shape index (κ2) is 5.18. The molecule has 5 heteroatoms. The third-order valence-electron chi connectivity index (χ3n) is 3.21. The number of carbonyl (C=O) groups is 1. The van der Waals surface area contributed by atoms with E-state index in [4.69, 9.17) is 5.11 Å². The lowest BCUT2D eigenvalue weighted by Gasteiger charge is -2.11. The fourth-order valence-corrected chi connectivity index (χ4v) is 3.77. The van der Waals surface area contributed by atoms with Gasteiger partial charge in [-0.25, -0.2) is 0 Å². The molecule has 1 fully saturated rings. The highest BCUT2D eigenvalue weighted by atomic mass is 32.2. The van der Waals surface area contributed by atoms with Crippen LogP contribution in [0.3, 0.4) is 0 Å². The largest absolute Gasteiger partial charge is 0.481 e. The van der Waals surface area contributed by atoms with Gasteiger partial charge in [0.05, 0.1) is 17.9 Å². The quantitative estimate of drug-likeness (QED) is 0.854. The van der Waals surface area contributed by atoms with E-state index >= 15 is 0 Å². The molecule has 98 valence electrons. The zero-order chi connectivity index (χ0) is 13.2. The lowest BCUT2D eigenvalue weighted by Crippen LogP contribution is -2.17. The summed E-state index contributed by atoms with van der Waals surface area (Å²) < 4.78 is 12.0. The Bertz CT molecular complexity index is 483. The minimum absolute atomic E-state index is 0.139. The van der Waals surface area contributed by atoms with Gasteiger partial charge in [-0.3, -0.25) is 14.0 Å². The van der Waals surface area contributed by atoms with Gasteiger partial charge < -0.3 is 5.11 Å². The van der Waals surface area contributed by atoms with Gasteiger partial charge in [0.2, 0.25) is 0 Å². The van der Waals surface area contributed by atoms with E-state index in [1.54, 1.807) is 0 Å². The molecule has 0 amide bonds. The van der Waals surface area contributed by atoms with Gasteiger partial charge in [-0.15, -0.1) is 0 Å². The molecule has 0 bridgehead atoms. The van der Waals surface area contributed by atoms with Crippen LogP contribution in [0, 0.1) is 12.3 Å². The minimum Gasteiger partial charge on any atom is -0.481 e. The minimum atomic E-state index is -1.03. The molecule has 1 aromatic heterocycles. The van der Waals surface area contributed by atoms with Gasteiger partial charge in [-0.2, -0.15) is 0 Å². The molecule has 1 aromatic rings. The average molecular weight is 267 g/mol. The van der Waals surface area contributed by atoms with E-state index in [1.165, 1.54) is 0 Å². The van der Waals surface area contributed by atoms with Crippen LogP contribution in [0.2, 0.25) is 0 Å². The average Bonchev–Trinajstić information content (AvgIpc) is 2.95. The molecule has 1 saturated carbocycles. The fourth-order valence-electron chi connectivity index (χ4n) is 2.11. The van der Waals surface area contributed by atoms with E-state index in [2.05, 4.69) is 4.98 Å². The Morgan fingerprint density at radius 3 is 2.78 bits per heavy atom. The summed E-state index contributed by atoms with van der Waals surface area (Å²) in [7, 11) is -1.03. The highest BCUT2D eigenvalue weighted by Gasteiger charge is 2.45. The van der Waals surface area contributed by atoms with Crippen LogP contribution in [-0.4, -0.2) is 26.0 Å². The normalized spacial score (nSPS) is 18.3. The van der Waals surface area contributed by atoms with Gasteiger partial charge in [0.25, 0.3) is 0 Å². The van der Waals surface area contributed by atoms with E-state index < -0.39 is 16.8 Å². The number of pyridine rings is 1. The monoisotopic (exact) mass is 267 g/mol. The van der Waals surface area contributed by atoms with Crippen LogP contribution in [0.25, 0.3) is 0 Å². The number of hydrogen-bond donors (Lipinski definition) is 1. The Kier molecular flexibility index (Phi) is 3.80. The number of aliphatic carboxylic acids is 1. The first kappa shape index (κ1) is 13.2. The van der Waals surface area contributed by atoms with Gasteiger partial charge >= 0.3 is 5.97 Å². The van der Waals surface area contributed by atoms with Crippen molar-refractivity contribution in [2.75, 3.05) is 5.75 Å². The number of rotatable bonds is 6. The number of aryl methyl sites for hydroxylation is 1. The predicted octanol–water partition coefficient (Wildman–Crippen LogP) is 1.89. The first-order chi connectivity index (χ1) is 8.49. The molecule has 0 saturated heterocycles. The third-order valence-corrected chi connectivity index (χ3v) is 4.76. The molecule has 0 spiro atoms. The summed E-state index contributed by atoms with van der Waals surface area (Å²) in [6.45, 7) is 1.90. The van der Waals surface area contributed by atoms with Crippen molar-refractivity contribution < 1.29 is 14.1 Å². The molecular weight excluding hydrogens is 250 g/mol. The van der Waals surface area contributed by atoms with Crippen LogP contribution in [0.5, 0.6) is 0 Å². The van der Waals surface area contributed by atoms with Gasteiger partial charge in [-0.1, -0.05) is 6.07 Å². The van der Waals surface area contributed by atoms with Crippen LogP contribution in [0.15, 0.2) is 18.2 Å². The number of carboxylic acids is 1. The molecule has 4 nitrogen and oxygen atoms in total. The Morgan fingerprint density at radius 2 is 2.22 bits per heavy atom. The molecular formula is C13H17NO3S. The maximum Gasteiger partial charge on any atom is 0.303 e. The SMILES string of the molecule is Cc1cccc(CS(=O)CC2(CC(=O)O)CC2)n1. The highest BCUT2D eigenvalue weighted by molar-refractivity contribution is 7.84. The maximum absolute atomic E-state index is 12.0. The smallest absolute Gasteiger partial charge is 0.303 e. The molecule has 1 aliphatic rings. The number of aromatic nitrogens is 1. The van der Waals surface area contributed by atoms with Crippen molar-refractivity contribution in [1.29, 1.82) is 0 Å². The fraction of sp³-hybridized carbons (Fsp3) is 0.538. The van der Waals surface area contributed by atoms with Crippen LogP contribution in [0.4, 0.5) is 0 Å². The summed E-state index contributed by atoms with van der Waals surface area (Å²) in [5, 5.41) is 8.82. The summed E-state index contributed by atoms with van der Waals surface area (Å²) in [4.78, 5) is 15.0. The van der Waals surface area contributed by atoms with Crippen LogP contribution in [-0.2, 0) is 21.3 Å². The molecule has 0 aliphatic heterocycles. The summed E-state index contributed by atoms with van der Waals surface area (Å²) in [5.74, 6) is 0.107. The van der Waals surface area contributed by atoms with Gasteiger partial charge in [0.15, 0.2) is 0 Å². The van der Waals surface area contributed by atoms with Crippen LogP contribution in [0.1, 0.15) is 30.7 Å². The third kappa shape index (κ3) is 3.63. The Hall–Kier alpha value is -1.23. The molecule has 0 aromatic carbocycles. The van der Waals surface area contributed by atoms with Crippen molar-refractivity contribution >= 4 is 16.8 Å². The lowest BCUT2D eigenvalue weighted by molar-refractivity contribution is -0.138. The van der Waals surface area contributed by atoms with E-state index in [1.807, 2.05) is 25.1 Å².